The number of nitrogens with zero attached hydrogens (tertiary/aromatic N) is 2. The average Bonchev–Trinajstić information content (AvgIpc) is 2.17. The molecule has 0 spiro atoms. The third-order valence-electron chi connectivity index (χ3n) is 2.19. The van der Waals surface area contributed by atoms with Crippen LogP contribution in [-0.2, 0) is 0 Å². The molecule has 0 saturated heterocycles. The fourth-order valence-electron chi connectivity index (χ4n) is 1.57. The molecule has 0 amide bonds. The SMILES string of the molecule is CC(C)(C)Nc1ncnc2c(N)cccc12. The number of fused-ring (bicyclic) bond motifs is 1. The van der Waals surface area contributed by atoms with Crippen molar-refractivity contribution in [3.05, 3.63) is 24.5 Å². The first-order valence-electron chi connectivity index (χ1n) is 5.25. The van der Waals surface area contributed by atoms with E-state index in [0.717, 1.165) is 16.7 Å². The lowest BCUT2D eigenvalue weighted by Gasteiger charge is -2.22. The van der Waals surface area contributed by atoms with Crippen LogP contribution in [0.5, 0.6) is 0 Å². The van der Waals surface area contributed by atoms with Gasteiger partial charge in [-0.3, -0.25) is 0 Å². The number of para-hydroxylation sites is 1. The second-order valence-electron chi connectivity index (χ2n) is 4.84. The quantitative estimate of drug-likeness (QED) is 0.718. The average molecular weight is 216 g/mol. The first-order valence-corrected chi connectivity index (χ1v) is 5.25. The zero-order valence-electron chi connectivity index (χ0n) is 9.78. The topological polar surface area (TPSA) is 63.8 Å². The minimum atomic E-state index is -0.0358. The number of rotatable bonds is 1. The van der Waals surface area contributed by atoms with Crippen molar-refractivity contribution in [1.82, 2.24) is 9.97 Å². The predicted octanol–water partition coefficient (Wildman–Crippen LogP) is 2.42. The number of anilines is 2. The minimum absolute atomic E-state index is 0.0358. The van der Waals surface area contributed by atoms with Crippen LogP contribution in [0.2, 0.25) is 0 Å². The zero-order valence-corrected chi connectivity index (χ0v) is 9.78. The molecule has 1 aromatic heterocycles. The van der Waals surface area contributed by atoms with Crippen LogP contribution < -0.4 is 11.1 Å². The number of benzene rings is 1. The largest absolute Gasteiger partial charge is 0.397 e. The van der Waals surface area contributed by atoms with Gasteiger partial charge in [0.25, 0.3) is 0 Å². The summed E-state index contributed by atoms with van der Waals surface area (Å²) in [6.45, 7) is 6.27. The van der Waals surface area contributed by atoms with Crippen LogP contribution in [-0.4, -0.2) is 15.5 Å². The Morgan fingerprint density at radius 2 is 1.94 bits per heavy atom. The molecule has 0 unspecified atom stereocenters. The molecule has 0 saturated carbocycles. The molecule has 0 fully saturated rings. The first-order chi connectivity index (χ1) is 7.47. The Bertz CT molecular complexity index is 514. The lowest BCUT2D eigenvalue weighted by Crippen LogP contribution is -2.26. The minimum Gasteiger partial charge on any atom is -0.397 e. The van der Waals surface area contributed by atoms with Crippen LogP contribution in [0.25, 0.3) is 10.9 Å². The van der Waals surface area contributed by atoms with Gasteiger partial charge in [-0.05, 0) is 32.9 Å². The molecule has 2 rings (SSSR count). The summed E-state index contributed by atoms with van der Waals surface area (Å²) in [6, 6.07) is 5.73. The van der Waals surface area contributed by atoms with E-state index in [9.17, 15) is 0 Å². The monoisotopic (exact) mass is 216 g/mol. The molecular weight excluding hydrogens is 200 g/mol. The molecule has 16 heavy (non-hydrogen) atoms. The maximum absolute atomic E-state index is 5.87. The van der Waals surface area contributed by atoms with E-state index in [1.54, 1.807) is 0 Å². The van der Waals surface area contributed by atoms with Crippen LogP contribution in [0, 0.1) is 0 Å². The molecule has 4 nitrogen and oxygen atoms in total. The van der Waals surface area contributed by atoms with E-state index in [1.165, 1.54) is 6.33 Å². The summed E-state index contributed by atoms with van der Waals surface area (Å²) in [5.41, 5.74) is 7.31. The van der Waals surface area contributed by atoms with Gasteiger partial charge >= 0.3 is 0 Å². The highest BCUT2D eigenvalue weighted by atomic mass is 15.1. The van der Waals surface area contributed by atoms with Crippen LogP contribution in [0.4, 0.5) is 11.5 Å². The van der Waals surface area contributed by atoms with Crippen molar-refractivity contribution >= 4 is 22.4 Å². The summed E-state index contributed by atoms with van der Waals surface area (Å²) in [4.78, 5) is 8.45. The van der Waals surface area contributed by atoms with Crippen LogP contribution in [0.15, 0.2) is 24.5 Å². The fourth-order valence-corrected chi connectivity index (χ4v) is 1.57. The fraction of sp³-hybridized carbons (Fsp3) is 0.333. The zero-order chi connectivity index (χ0) is 11.8. The molecule has 4 heteroatoms. The summed E-state index contributed by atoms with van der Waals surface area (Å²) in [5.74, 6) is 0.824. The van der Waals surface area contributed by atoms with Gasteiger partial charge in [0, 0.05) is 10.9 Å². The highest BCUT2D eigenvalue weighted by Gasteiger charge is 2.13. The Balaban J connectivity index is 2.58. The highest BCUT2D eigenvalue weighted by Crippen LogP contribution is 2.25. The molecule has 1 heterocycles. The van der Waals surface area contributed by atoms with E-state index in [2.05, 4.69) is 36.1 Å². The van der Waals surface area contributed by atoms with Crippen molar-refractivity contribution in [2.24, 2.45) is 0 Å². The van der Waals surface area contributed by atoms with Crippen LogP contribution in [0.3, 0.4) is 0 Å². The van der Waals surface area contributed by atoms with Gasteiger partial charge in [0.05, 0.1) is 11.2 Å². The Morgan fingerprint density at radius 3 is 2.62 bits per heavy atom. The highest BCUT2D eigenvalue weighted by molar-refractivity contribution is 5.96. The molecule has 3 N–H and O–H groups in total. The summed E-state index contributed by atoms with van der Waals surface area (Å²) in [7, 11) is 0. The van der Waals surface area contributed by atoms with Gasteiger partial charge < -0.3 is 11.1 Å². The number of hydrogen-bond acceptors (Lipinski definition) is 4. The molecule has 84 valence electrons. The number of hydrogen-bond donors (Lipinski definition) is 2. The third kappa shape index (κ3) is 2.05. The Morgan fingerprint density at radius 1 is 1.19 bits per heavy atom. The third-order valence-corrected chi connectivity index (χ3v) is 2.19. The normalized spacial score (nSPS) is 11.7. The second kappa shape index (κ2) is 3.63. The summed E-state index contributed by atoms with van der Waals surface area (Å²) < 4.78 is 0. The van der Waals surface area contributed by atoms with Crippen LogP contribution >= 0.6 is 0 Å². The van der Waals surface area contributed by atoms with Crippen molar-refractivity contribution < 1.29 is 0 Å². The molecule has 0 aliphatic heterocycles. The predicted molar refractivity (Wildman–Crippen MR) is 67.3 cm³/mol. The van der Waals surface area contributed by atoms with E-state index in [-0.39, 0.29) is 5.54 Å². The Labute approximate surface area is 94.9 Å². The van der Waals surface area contributed by atoms with E-state index in [1.807, 2.05) is 18.2 Å². The Kier molecular flexibility index (Phi) is 2.42. The molecule has 0 bridgehead atoms. The van der Waals surface area contributed by atoms with Gasteiger partial charge in [0.1, 0.15) is 12.1 Å². The van der Waals surface area contributed by atoms with Crippen LogP contribution in [0.1, 0.15) is 20.8 Å². The lowest BCUT2D eigenvalue weighted by molar-refractivity contribution is 0.631. The van der Waals surface area contributed by atoms with Crippen molar-refractivity contribution in [3.8, 4) is 0 Å². The van der Waals surface area contributed by atoms with E-state index < -0.39 is 0 Å². The van der Waals surface area contributed by atoms with E-state index in [0.29, 0.717) is 5.69 Å². The van der Waals surface area contributed by atoms with Gasteiger partial charge in [-0.2, -0.15) is 0 Å². The Hall–Kier alpha value is -1.84. The van der Waals surface area contributed by atoms with Gasteiger partial charge in [-0.25, -0.2) is 9.97 Å². The van der Waals surface area contributed by atoms with E-state index >= 15 is 0 Å². The smallest absolute Gasteiger partial charge is 0.137 e. The molecule has 0 aliphatic carbocycles. The van der Waals surface area contributed by atoms with Gasteiger partial charge in [-0.15, -0.1) is 0 Å². The summed E-state index contributed by atoms with van der Waals surface area (Å²) >= 11 is 0. The van der Waals surface area contributed by atoms with Crippen molar-refractivity contribution in [1.29, 1.82) is 0 Å². The standard InChI is InChI=1S/C12H16N4/c1-12(2,3)16-11-8-5-4-6-9(13)10(8)14-7-15-11/h4-7H,13H2,1-3H3,(H,14,15,16). The number of aromatic nitrogens is 2. The molecule has 0 radical (unpaired) electrons. The maximum atomic E-state index is 5.87. The molecular formula is C12H16N4. The molecule has 0 aliphatic rings. The molecule has 2 aromatic rings. The summed E-state index contributed by atoms with van der Waals surface area (Å²) in [5, 5.41) is 4.30. The van der Waals surface area contributed by atoms with Gasteiger partial charge in [-0.1, -0.05) is 6.07 Å². The number of nitrogens with two attached hydrogens (primary N) is 1. The first kappa shape index (κ1) is 10.7. The number of nitrogen functional groups attached to an aromatic ring is 1. The van der Waals surface area contributed by atoms with Crippen molar-refractivity contribution in [3.63, 3.8) is 0 Å². The maximum Gasteiger partial charge on any atom is 0.137 e. The number of nitrogens with one attached hydrogen (secondary N) is 1. The van der Waals surface area contributed by atoms with Crippen molar-refractivity contribution in [2.75, 3.05) is 11.1 Å². The lowest BCUT2D eigenvalue weighted by atomic mass is 10.1. The molecule has 1 aromatic carbocycles. The van der Waals surface area contributed by atoms with E-state index in [4.69, 9.17) is 5.73 Å². The van der Waals surface area contributed by atoms with Gasteiger partial charge in [0.15, 0.2) is 0 Å². The van der Waals surface area contributed by atoms with Gasteiger partial charge in [0.2, 0.25) is 0 Å². The second-order valence-corrected chi connectivity index (χ2v) is 4.84. The molecule has 0 atom stereocenters. The summed E-state index contributed by atoms with van der Waals surface area (Å²) in [6.07, 6.45) is 1.53. The van der Waals surface area contributed by atoms with Crippen molar-refractivity contribution in [2.45, 2.75) is 26.3 Å².